The van der Waals surface area contributed by atoms with Gasteiger partial charge in [0.15, 0.2) is 0 Å². The lowest BCUT2D eigenvalue weighted by Crippen LogP contribution is -2.34. The fourth-order valence-corrected chi connectivity index (χ4v) is 2.05. The molecule has 2 rings (SSSR count). The van der Waals surface area contributed by atoms with Crippen LogP contribution in [0.4, 0.5) is 5.69 Å². The summed E-state index contributed by atoms with van der Waals surface area (Å²) in [5.41, 5.74) is 7.44. The number of hydrogen-bond donors (Lipinski definition) is 2. The topological polar surface area (TPSA) is 58.4 Å². The number of benzene rings is 1. The lowest BCUT2D eigenvalue weighted by molar-refractivity contribution is -0.117. The summed E-state index contributed by atoms with van der Waals surface area (Å²) >= 11 is 0. The SMILES string of the molecule is CCN(CC(=O)Nc1ccc(CN)cc1)C1CC1. The number of nitrogens with one attached hydrogen (secondary N) is 1. The fraction of sp³-hybridized carbons (Fsp3) is 0.500. The Morgan fingerprint density at radius 1 is 1.39 bits per heavy atom. The van der Waals surface area contributed by atoms with Crippen LogP contribution in [-0.4, -0.2) is 29.9 Å². The van der Waals surface area contributed by atoms with Crippen molar-refractivity contribution in [1.82, 2.24) is 4.90 Å². The summed E-state index contributed by atoms with van der Waals surface area (Å²) in [4.78, 5) is 14.1. The second kappa shape index (κ2) is 5.98. The second-order valence-electron chi connectivity index (χ2n) is 4.74. The maximum absolute atomic E-state index is 11.9. The highest BCUT2D eigenvalue weighted by atomic mass is 16.2. The number of nitrogens with zero attached hydrogens (tertiary/aromatic N) is 1. The first-order valence-electron chi connectivity index (χ1n) is 6.56. The normalized spacial score (nSPS) is 14.8. The number of carbonyl (C=O) groups excluding carboxylic acids is 1. The predicted molar refractivity (Wildman–Crippen MR) is 73.2 cm³/mol. The minimum atomic E-state index is 0.0595. The molecule has 0 saturated heterocycles. The van der Waals surface area contributed by atoms with Gasteiger partial charge >= 0.3 is 0 Å². The van der Waals surface area contributed by atoms with Crippen molar-refractivity contribution in [3.63, 3.8) is 0 Å². The number of likely N-dealkylation sites (N-methyl/N-ethyl adjacent to an activating group) is 1. The molecule has 0 bridgehead atoms. The Labute approximate surface area is 108 Å². The van der Waals surface area contributed by atoms with Gasteiger partial charge in [-0.3, -0.25) is 9.69 Å². The summed E-state index contributed by atoms with van der Waals surface area (Å²) in [5.74, 6) is 0.0595. The zero-order valence-corrected chi connectivity index (χ0v) is 10.9. The molecular formula is C14H21N3O. The summed E-state index contributed by atoms with van der Waals surface area (Å²) in [6.07, 6.45) is 2.46. The van der Waals surface area contributed by atoms with E-state index >= 15 is 0 Å². The van der Waals surface area contributed by atoms with Crippen LogP contribution in [0.5, 0.6) is 0 Å². The maximum Gasteiger partial charge on any atom is 0.238 e. The molecule has 98 valence electrons. The molecule has 1 aliphatic rings. The number of rotatable bonds is 6. The lowest BCUT2D eigenvalue weighted by Gasteiger charge is -2.19. The van der Waals surface area contributed by atoms with E-state index in [2.05, 4.69) is 17.1 Å². The van der Waals surface area contributed by atoms with Crippen LogP contribution < -0.4 is 11.1 Å². The third-order valence-corrected chi connectivity index (χ3v) is 3.29. The van der Waals surface area contributed by atoms with Gasteiger partial charge in [-0.2, -0.15) is 0 Å². The minimum Gasteiger partial charge on any atom is -0.326 e. The van der Waals surface area contributed by atoms with E-state index in [0.717, 1.165) is 17.8 Å². The summed E-state index contributed by atoms with van der Waals surface area (Å²) in [7, 11) is 0. The molecule has 1 saturated carbocycles. The largest absolute Gasteiger partial charge is 0.326 e. The van der Waals surface area contributed by atoms with E-state index in [-0.39, 0.29) is 5.91 Å². The number of nitrogens with two attached hydrogens (primary N) is 1. The van der Waals surface area contributed by atoms with Crippen LogP contribution >= 0.6 is 0 Å². The molecule has 3 N–H and O–H groups in total. The third kappa shape index (κ3) is 3.55. The van der Waals surface area contributed by atoms with Crippen LogP contribution in [0.3, 0.4) is 0 Å². The Morgan fingerprint density at radius 3 is 2.56 bits per heavy atom. The van der Waals surface area contributed by atoms with Crippen molar-refractivity contribution in [2.75, 3.05) is 18.4 Å². The molecule has 0 aromatic heterocycles. The van der Waals surface area contributed by atoms with Gasteiger partial charge in [0.05, 0.1) is 6.54 Å². The molecule has 1 aliphatic carbocycles. The van der Waals surface area contributed by atoms with Crippen LogP contribution in [0.25, 0.3) is 0 Å². The van der Waals surface area contributed by atoms with Gasteiger partial charge in [-0.25, -0.2) is 0 Å². The van der Waals surface area contributed by atoms with Crippen LogP contribution in [0, 0.1) is 0 Å². The molecule has 1 amide bonds. The van der Waals surface area contributed by atoms with Crippen molar-refractivity contribution in [3.05, 3.63) is 29.8 Å². The standard InChI is InChI=1S/C14H21N3O/c1-2-17(13-7-8-13)10-14(18)16-12-5-3-11(9-15)4-6-12/h3-6,13H,2,7-10,15H2,1H3,(H,16,18). The van der Waals surface area contributed by atoms with Gasteiger partial charge in [-0.05, 0) is 37.1 Å². The zero-order chi connectivity index (χ0) is 13.0. The molecule has 0 unspecified atom stereocenters. The molecule has 0 radical (unpaired) electrons. The first-order chi connectivity index (χ1) is 8.72. The summed E-state index contributed by atoms with van der Waals surface area (Å²) in [6, 6.07) is 8.30. The van der Waals surface area contributed by atoms with Gasteiger partial charge in [0.2, 0.25) is 5.91 Å². The van der Waals surface area contributed by atoms with Crippen LogP contribution in [0.2, 0.25) is 0 Å². The summed E-state index contributed by atoms with van der Waals surface area (Å²) < 4.78 is 0. The molecule has 0 aliphatic heterocycles. The van der Waals surface area contributed by atoms with Crippen molar-refractivity contribution in [1.29, 1.82) is 0 Å². The van der Waals surface area contributed by atoms with Crippen LogP contribution in [-0.2, 0) is 11.3 Å². The molecule has 4 heteroatoms. The first-order valence-corrected chi connectivity index (χ1v) is 6.56. The highest BCUT2D eigenvalue weighted by Gasteiger charge is 2.28. The van der Waals surface area contributed by atoms with Crippen molar-refractivity contribution < 1.29 is 4.79 Å². The molecule has 4 nitrogen and oxygen atoms in total. The predicted octanol–water partition coefficient (Wildman–Crippen LogP) is 1.57. The molecule has 0 heterocycles. The first kappa shape index (κ1) is 13.1. The van der Waals surface area contributed by atoms with Crippen LogP contribution in [0.1, 0.15) is 25.3 Å². The highest BCUT2D eigenvalue weighted by molar-refractivity contribution is 5.92. The second-order valence-corrected chi connectivity index (χ2v) is 4.74. The van der Waals surface area contributed by atoms with E-state index in [1.165, 1.54) is 12.8 Å². The van der Waals surface area contributed by atoms with E-state index in [1.807, 2.05) is 24.3 Å². The number of carbonyl (C=O) groups is 1. The van der Waals surface area contributed by atoms with Crippen molar-refractivity contribution in [2.45, 2.75) is 32.4 Å². The molecular weight excluding hydrogens is 226 g/mol. The third-order valence-electron chi connectivity index (χ3n) is 3.29. The van der Waals surface area contributed by atoms with Gasteiger partial charge in [-0.15, -0.1) is 0 Å². The number of hydrogen-bond acceptors (Lipinski definition) is 3. The number of anilines is 1. The highest BCUT2D eigenvalue weighted by Crippen LogP contribution is 2.26. The van der Waals surface area contributed by atoms with E-state index in [9.17, 15) is 4.79 Å². The number of amides is 1. The molecule has 1 aromatic rings. The molecule has 0 spiro atoms. The van der Waals surface area contributed by atoms with Gasteiger partial charge < -0.3 is 11.1 Å². The van der Waals surface area contributed by atoms with Gasteiger partial charge in [-0.1, -0.05) is 19.1 Å². The van der Waals surface area contributed by atoms with E-state index in [4.69, 9.17) is 5.73 Å². The van der Waals surface area contributed by atoms with Gasteiger partial charge in [0, 0.05) is 18.3 Å². The monoisotopic (exact) mass is 247 g/mol. The average Bonchev–Trinajstić information content (AvgIpc) is 3.21. The minimum absolute atomic E-state index is 0.0595. The Balaban J connectivity index is 1.85. The zero-order valence-electron chi connectivity index (χ0n) is 10.9. The molecule has 0 atom stereocenters. The van der Waals surface area contributed by atoms with Crippen molar-refractivity contribution >= 4 is 11.6 Å². The van der Waals surface area contributed by atoms with Crippen molar-refractivity contribution in [2.24, 2.45) is 5.73 Å². The maximum atomic E-state index is 11.9. The molecule has 1 aromatic carbocycles. The summed E-state index contributed by atoms with van der Waals surface area (Å²) in [6.45, 7) is 4.05. The average molecular weight is 247 g/mol. The quantitative estimate of drug-likeness (QED) is 0.802. The lowest BCUT2D eigenvalue weighted by atomic mass is 10.2. The Kier molecular flexibility index (Phi) is 4.33. The summed E-state index contributed by atoms with van der Waals surface area (Å²) in [5, 5.41) is 2.92. The Morgan fingerprint density at radius 2 is 2.06 bits per heavy atom. The Hall–Kier alpha value is -1.39. The smallest absolute Gasteiger partial charge is 0.238 e. The van der Waals surface area contributed by atoms with Gasteiger partial charge in [0.1, 0.15) is 0 Å². The fourth-order valence-electron chi connectivity index (χ4n) is 2.05. The molecule has 18 heavy (non-hydrogen) atoms. The van der Waals surface area contributed by atoms with Gasteiger partial charge in [0.25, 0.3) is 0 Å². The molecule has 1 fully saturated rings. The van der Waals surface area contributed by atoms with Crippen molar-refractivity contribution in [3.8, 4) is 0 Å². The van der Waals surface area contributed by atoms with E-state index in [1.54, 1.807) is 0 Å². The van der Waals surface area contributed by atoms with Crippen LogP contribution in [0.15, 0.2) is 24.3 Å². The van der Waals surface area contributed by atoms with E-state index < -0.39 is 0 Å². The Bertz CT molecular complexity index is 398. The van der Waals surface area contributed by atoms with E-state index in [0.29, 0.717) is 19.1 Å².